The standard InChI is InChI=1S/C21H14F6N4OS/c22-20(23,24)18-10-13(7-8-28-18)33-11-19-30-14-6-5-12(9-16(14)31-19)29-15-3-1-2-4-17(15)32-21(25,26)27/h1-10,29H,11H2,(H,30,31). The number of alkyl halides is 6. The molecule has 0 aliphatic carbocycles. The third-order valence-electron chi connectivity index (χ3n) is 4.32. The van der Waals surface area contributed by atoms with Crippen LogP contribution in [-0.4, -0.2) is 21.3 Å². The summed E-state index contributed by atoms with van der Waals surface area (Å²) in [5, 5.41) is 2.88. The highest BCUT2D eigenvalue weighted by atomic mass is 32.2. The number of aromatic nitrogens is 3. The predicted molar refractivity (Wildman–Crippen MR) is 111 cm³/mol. The van der Waals surface area contributed by atoms with Crippen LogP contribution in [-0.2, 0) is 11.9 Å². The van der Waals surface area contributed by atoms with E-state index in [4.69, 9.17) is 0 Å². The van der Waals surface area contributed by atoms with Gasteiger partial charge in [-0.2, -0.15) is 13.2 Å². The van der Waals surface area contributed by atoms with Crippen LogP contribution in [0.3, 0.4) is 0 Å². The van der Waals surface area contributed by atoms with Crippen LogP contribution in [0.5, 0.6) is 5.75 Å². The highest BCUT2D eigenvalue weighted by Crippen LogP contribution is 2.33. The van der Waals surface area contributed by atoms with Crippen LogP contribution in [0.2, 0.25) is 0 Å². The number of nitrogens with zero attached hydrogens (tertiary/aromatic N) is 2. The van der Waals surface area contributed by atoms with Crippen molar-refractivity contribution in [3.05, 3.63) is 72.3 Å². The highest BCUT2D eigenvalue weighted by Gasteiger charge is 2.33. The van der Waals surface area contributed by atoms with Gasteiger partial charge in [-0.15, -0.1) is 24.9 Å². The van der Waals surface area contributed by atoms with E-state index in [-0.39, 0.29) is 17.2 Å². The zero-order chi connectivity index (χ0) is 23.6. The second-order valence-corrected chi connectivity index (χ2v) is 7.80. The molecule has 4 rings (SSSR count). The smallest absolute Gasteiger partial charge is 0.404 e. The number of hydrogen-bond acceptors (Lipinski definition) is 5. The Balaban J connectivity index is 1.49. The lowest BCUT2D eigenvalue weighted by Gasteiger charge is -2.14. The molecule has 0 atom stereocenters. The summed E-state index contributed by atoms with van der Waals surface area (Å²) in [6.07, 6.45) is -8.25. The van der Waals surface area contributed by atoms with Crippen LogP contribution < -0.4 is 10.1 Å². The van der Waals surface area contributed by atoms with E-state index in [1.54, 1.807) is 24.3 Å². The van der Waals surface area contributed by atoms with Gasteiger partial charge in [0.25, 0.3) is 0 Å². The van der Waals surface area contributed by atoms with Gasteiger partial charge in [-0.05, 0) is 42.5 Å². The number of fused-ring (bicyclic) bond motifs is 1. The van der Waals surface area contributed by atoms with Gasteiger partial charge in [0.05, 0.1) is 22.5 Å². The van der Waals surface area contributed by atoms with Gasteiger partial charge in [-0.1, -0.05) is 12.1 Å². The fraction of sp³-hybridized carbons (Fsp3) is 0.143. The number of anilines is 2. The third-order valence-corrected chi connectivity index (χ3v) is 5.33. The molecule has 2 N–H and O–H groups in total. The summed E-state index contributed by atoms with van der Waals surface area (Å²) in [4.78, 5) is 11.2. The Kier molecular flexibility index (Phi) is 6.11. The van der Waals surface area contributed by atoms with E-state index in [2.05, 4.69) is 25.0 Å². The topological polar surface area (TPSA) is 62.8 Å². The first-order chi connectivity index (χ1) is 15.6. The van der Waals surface area contributed by atoms with Crippen molar-refractivity contribution in [1.82, 2.24) is 15.0 Å². The molecule has 0 fully saturated rings. The molecule has 0 aliphatic heterocycles. The van der Waals surface area contributed by atoms with Crippen molar-refractivity contribution in [1.29, 1.82) is 0 Å². The minimum absolute atomic E-state index is 0.124. The summed E-state index contributed by atoms with van der Waals surface area (Å²) in [5.41, 5.74) is 0.842. The first-order valence-electron chi connectivity index (χ1n) is 9.33. The maximum atomic E-state index is 12.8. The zero-order valence-electron chi connectivity index (χ0n) is 16.5. The largest absolute Gasteiger partial charge is 0.573 e. The lowest BCUT2D eigenvalue weighted by Crippen LogP contribution is -2.17. The number of hydrogen-bond donors (Lipinski definition) is 2. The Morgan fingerprint density at radius 3 is 2.52 bits per heavy atom. The Bertz CT molecular complexity index is 1270. The van der Waals surface area contributed by atoms with Crippen molar-refractivity contribution in [3.8, 4) is 5.75 Å². The summed E-state index contributed by atoms with van der Waals surface area (Å²) >= 11 is 1.16. The Morgan fingerprint density at radius 2 is 1.76 bits per heavy atom. The number of pyridine rings is 1. The SMILES string of the molecule is FC(F)(F)Oc1ccccc1Nc1ccc2[nH]c(CSc3ccnc(C(F)(F)F)c3)nc2c1. The van der Waals surface area contributed by atoms with E-state index in [1.807, 2.05) is 0 Å². The van der Waals surface area contributed by atoms with Crippen LogP contribution in [0.4, 0.5) is 37.7 Å². The van der Waals surface area contributed by atoms with Crippen LogP contribution in [0.15, 0.2) is 65.7 Å². The van der Waals surface area contributed by atoms with E-state index in [9.17, 15) is 26.3 Å². The fourth-order valence-corrected chi connectivity index (χ4v) is 3.74. The maximum absolute atomic E-state index is 12.8. The maximum Gasteiger partial charge on any atom is 0.573 e. The number of thioether (sulfide) groups is 1. The van der Waals surface area contributed by atoms with Gasteiger partial charge in [-0.25, -0.2) is 4.98 Å². The van der Waals surface area contributed by atoms with Crippen LogP contribution in [0.25, 0.3) is 11.0 Å². The summed E-state index contributed by atoms with van der Waals surface area (Å²) in [6.45, 7) is 0. The Labute approximate surface area is 187 Å². The van der Waals surface area contributed by atoms with Gasteiger partial charge in [0.1, 0.15) is 11.5 Å². The number of halogens is 6. The molecule has 12 heteroatoms. The summed E-state index contributed by atoms with van der Waals surface area (Å²) in [6, 6.07) is 13.1. The van der Waals surface area contributed by atoms with Crippen molar-refractivity contribution in [2.24, 2.45) is 0 Å². The number of ether oxygens (including phenoxy) is 1. The Morgan fingerprint density at radius 1 is 0.970 bits per heavy atom. The van der Waals surface area contributed by atoms with Gasteiger partial charge in [0.2, 0.25) is 0 Å². The van der Waals surface area contributed by atoms with Crippen LogP contribution in [0.1, 0.15) is 11.5 Å². The molecule has 0 unspecified atom stereocenters. The minimum atomic E-state index is -4.83. The van der Waals surface area contributed by atoms with Gasteiger partial charge in [0, 0.05) is 16.8 Å². The average Bonchev–Trinajstić information content (AvgIpc) is 3.14. The Hall–Kier alpha value is -3.41. The number of aromatic amines is 1. The quantitative estimate of drug-likeness (QED) is 0.230. The monoisotopic (exact) mass is 484 g/mol. The summed E-state index contributed by atoms with van der Waals surface area (Å²) in [5.74, 6) is 0.430. The van der Waals surface area contributed by atoms with Crippen molar-refractivity contribution >= 4 is 34.2 Å². The molecule has 0 saturated heterocycles. The molecule has 2 aromatic heterocycles. The predicted octanol–water partition coefficient (Wildman–Crippen LogP) is 6.91. The molecular formula is C21H14F6N4OS. The lowest BCUT2D eigenvalue weighted by atomic mass is 10.2. The molecule has 33 heavy (non-hydrogen) atoms. The van der Waals surface area contributed by atoms with E-state index in [1.165, 1.54) is 24.3 Å². The molecule has 5 nitrogen and oxygen atoms in total. The van der Waals surface area contributed by atoms with Crippen molar-refractivity contribution < 1.29 is 31.1 Å². The van der Waals surface area contributed by atoms with E-state index in [0.717, 1.165) is 24.0 Å². The number of H-pyrrole nitrogens is 1. The molecule has 0 radical (unpaired) electrons. The normalized spacial score (nSPS) is 12.2. The lowest BCUT2D eigenvalue weighted by molar-refractivity contribution is -0.274. The zero-order valence-corrected chi connectivity index (χ0v) is 17.3. The fourth-order valence-electron chi connectivity index (χ4n) is 2.95. The van der Waals surface area contributed by atoms with Gasteiger partial charge in [-0.3, -0.25) is 4.98 Å². The first kappa shape index (κ1) is 22.8. The number of rotatable bonds is 6. The van der Waals surface area contributed by atoms with E-state index < -0.39 is 18.2 Å². The minimum Gasteiger partial charge on any atom is -0.404 e. The molecule has 0 amide bonds. The first-order valence-corrected chi connectivity index (χ1v) is 10.3. The molecule has 172 valence electrons. The molecule has 2 aromatic carbocycles. The number of para-hydroxylation sites is 2. The second kappa shape index (κ2) is 8.85. The number of imidazole rings is 1. The molecule has 0 aliphatic rings. The molecular weight excluding hydrogens is 470 g/mol. The third kappa shape index (κ3) is 5.89. The summed E-state index contributed by atoms with van der Waals surface area (Å²) in [7, 11) is 0. The molecule has 4 aromatic rings. The molecule has 0 spiro atoms. The van der Waals surface area contributed by atoms with Crippen molar-refractivity contribution in [3.63, 3.8) is 0 Å². The van der Waals surface area contributed by atoms with Crippen LogP contribution >= 0.6 is 11.8 Å². The molecule has 2 heterocycles. The van der Waals surface area contributed by atoms with Gasteiger partial charge in [0.15, 0.2) is 5.75 Å². The van der Waals surface area contributed by atoms with Gasteiger partial charge < -0.3 is 15.0 Å². The van der Waals surface area contributed by atoms with E-state index >= 15 is 0 Å². The average molecular weight is 484 g/mol. The van der Waals surface area contributed by atoms with E-state index in [0.29, 0.717) is 27.4 Å². The van der Waals surface area contributed by atoms with Crippen molar-refractivity contribution in [2.75, 3.05) is 5.32 Å². The number of nitrogens with one attached hydrogen (secondary N) is 2. The molecule has 0 bridgehead atoms. The summed E-state index contributed by atoms with van der Waals surface area (Å²) < 4.78 is 80.3. The molecule has 0 saturated carbocycles. The van der Waals surface area contributed by atoms with Gasteiger partial charge >= 0.3 is 12.5 Å². The van der Waals surface area contributed by atoms with Crippen LogP contribution in [0, 0.1) is 0 Å². The highest BCUT2D eigenvalue weighted by molar-refractivity contribution is 7.98. The van der Waals surface area contributed by atoms with Crippen molar-refractivity contribution in [2.45, 2.75) is 23.2 Å². The number of benzene rings is 2. The second-order valence-electron chi connectivity index (χ2n) is 6.75.